The highest BCUT2D eigenvalue weighted by Gasteiger charge is 2.14. The van der Waals surface area contributed by atoms with Crippen molar-refractivity contribution in [3.05, 3.63) is 56.0 Å². The molecule has 1 aromatic carbocycles. The van der Waals surface area contributed by atoms with Gasteiger partial charge in [-0.15, -0.1) is 0 Å². The molecule has 9 nitrogen and oxygen atoms in total. The second-order valence-electron chi connectivity index (χ2n) is 6.80. The number of aromatic amines is 1. The predicted octanol–water partition coefficient (Wildman–Crippen LogP) is 1.35. The van der Waals surface area contributed by atoms with Crippen LogP contribution in [-0.4, -0.2) is 65.1 Å². The molecule has 2 heterocycles. The van der Waals surface area contributed by atoms with Crippen molar-refractivity contribution in [1.29, 1.82) is 0 Å². The standard InChI is InChI=1S/C19H26N6O3/c1-2-3-18-17(14-21-10-13-23-11-8-20-9-12-23)19(26)24(22-18)15-4-6-16(7-5-15)25(27)28/h4-7,14,20,22H,2-3,8-13H2,1H3. The van der Waals surface area contributed by atoms with Crippen molar-refractivity contribution in [2.24, 2.45) is 4.99 Å². The largest absolute Gasteiger partial charge is 0.314 e. The summed E-state index contributed by atoms with van der Waals surface area (Å²) in [5.74, 6) is 0. The van der Waals surface area contributed by atoms with E-state index in [2.05, 4.69) is 20.3 Å². The van der Waals surface area contributed by atoms with E-state index < -0.39 is 4.92 Å². The van der Waals surface area contributed by atoms with Gasteiger partial charge >= 0.3 is 0 Å². The molecular weight excluding hydrogens is 360 g/mol. The highest BCUT2D eigenvalue weighted by atomic mass is 16.6. The third kappa shape index (κ3) is 4.73. The zero-order valence-electron chi connectivity index (χ0n) is 16.1. The van der Waals surface area contributed by atoms with E-state index in [0.29, 0.717) is 17.8 Å². The van der Waals surface area contributed by atoms with Crippen LogP contribution in [-0.2, 0) is 6.42 Å². The number of nitro groups is 1. The van der Waals surface area contributed by atoms with Crippen LogP contribution < -0.4 is 10.9 Å². The second kappa shape index (κ2) is 9.43. The molecule has 0 amide bonds. The van der Waals surface area contributed by atoms with E-state index in [-0.39, 0.29) is 11.2 Å². The minimum absolute atomic E-state index is 0.00756. The molecule has 1 aliphatic heterocycles. The molecule has 9 heteroatoms. The molecule has 0 aliphatic carbocycles. The van der Waals surface area contributed by atoms with E-state index in [9.17, 15) is 14.9 Å². The summed E-state index contributed by atoms with van der Waals surface area (Å²) in [4.78, 5) is 30.1. The molecule has 1 aliphatic rings. The number of aryl methyl sites for hydroxylation is 1. The van der Waals surface area contributed by atoms with Crippen LogP contribution in [0.5, 0.6) is 0 Å². The molecule has 0 bridgehead atoms. The van der Waals surface area contributed by atoms with E-state index >= 15 is 0 Å². The van der Waals surface area contributed by atoms with Gasteiger partial charge in [0.15, 0.2) is 0 Å². The maximum Gasteiger partial charge on any atom is 0.280 e. The zero-order valence-corrected chi connectivity index (χ0v) is 16.1. The number of rotatable bonds is 8. The Balaban J connectivity index is 1.77. The van der Waals surface area contributed by atoms with Gasteiger partial charge in [0.1, 0.15) is 0 Å². The van der Waals surface area contributed by atoms with Crippen LogP contribution in [0.25, 0.3) is 5.69 Å². The van der Waals surface area contributed by atoms with E-state index in [1.165, 1.54) is 16.8 Å². The van der Waals surface area contributed by atoms with E-state index in [1.807, 2.05) is 6.92 Å². The number of nitro benzene ring substituents is 1. The van der Waals surface area contributed by atoms with Gasteiger partial charge in [-0.2, -0.15) is 0 Å². The van der Waals surface area contributed by atoms with Gasteiger partial charge in [-0.25, -0.2) is 4.68 Å². The Hall–Kier alpha value is -2.78. The Morgan fingerprint density at radius 3 is 2.61 bits per heavy atom. The number of H-pyrrole nitrogens is 1. The van der Waals surface area contributed by atoms with Crippen molar-refractivity contribution in [3.63, 3.8) is 0 Å². The maximum absolute atomic E-state index is 12.9. The minimum atomic E-state index is -0.458. The summed E-state index contributed by atoms with van der Waals surface area (Å²) < 4.78 is 1.42. The fraction of sp³-hybridized carbons (Fsp3) is 0.474. The molecule has 1 fully saturated rings. The van der Waals surface area contributed by atoms with Gasteiger partial charge in [-0.05, 0) is 18.6 Å². The SMILES string of the molecule is CCCc1[nH]n(-c2ccc([N+](=O)[O-])cc2)c(=O)c1C=NCCN1CCNCC1. The zero-order chi connectivity index (χ0) is 19.9. The number of hydrogen-bond acceptors (Lipinski definition) is 6. The molecule has 0 atom stereocenters. The molecule has 0 saturated carbocycles. The van der Waals surface area contributed by atoms with Gasteiger partial charge in [0.05, 0.1) is 22.7 Å². The van der Waals surface area contributed by atoms with E-state index in [1.54, 1.807) is 18.3 Å². The highest BCUT2D eigenvalue weighted by Crippen LogP contribution is 2.15. The number of nitrogens with zero attached hydrogens (tertiary/aromatic N) is 4. The van der Waals surface area contributed by atoms with Gasteiger partial charge in [0, 0.05) is 56.8 Å². The van der Waals surface area contributed by atoms with Crippen LogP contribution in [0.1, 0.15) is 24.6 Å². The summed E-state index contributed by atoms with van der Waals surface area (Å²) in [6.07, 6.45) is 3.28. The van der Waals surface area contributed by atoms with Crippen LogP contribution in [0.2, 0.25) is 0 Å². The number of aromatic nitrogens is 2. The lowest BCUT2D eigenvalue weighted by Crippen LogP contribution is -2.44. The van der Waals surface area contributed by atoms with Gasteiger partial charge < -0.3 is 5.32 Å². The molecular formula is C19H26N6O3. The number of piperazine rings is 1. The predicted molar refractivity (Wildman–Crippen MR) is 109 cm³/mol. The molecule has 2 N–H and O–H groups in total. The molecule has 150 valence electrons. The average molecular weight is 386 g/mol. The smallest absolute Gasteiger partial charge is 0.280 e. The third-order valence-corrected chi connectivity index (χ3v) is 4.80. The van der Waals surface area contributed by atoms with Crippen LogP contribution in [0.15, 0.2) is 34.1 Å². The van der Waals surface area contributed by atoms with Crippen molar-refractivity contribution in [2.75, 3.05) is 39.3 Å². The van der Waals surface area contributed by atoms with Crippen molar-refractivity contribution >= 4 is 11.9 Å². The molecule has 2 aromatic rings. The van der Waals surface area contributed by atoms with Gasteiger partial charge in [0.2, 0.25) is 0 Å². The number of nitrogens with one attached hydrogen (secondary N) is 2. The molecule has 0 unspecified atom stereocenters. The van der Waals surface area contributed by atoms with Crippen molar-refractivity contribution in [1.82, 2.24) is 20.0 Å². The van der Waals surface area contributed by atoms with Crippen LogP contribution in [0.4, 0.5) is 5.69 Å². The fourth-order valence-corrected chi connectivity index (χ4v) is 3.26. The Morgan fingerprint density at radius 1 is 1.25 bits per heavy atom. The summed E-state index contributed by atoms with van der Waals surface area (Å²) in [6, 6.07) is 5.92. The summed E-state index contributed by atoms with van der Waals surface area (Å²) in [5.41, 5.74) is 1.75. The highest BCUT2D eigenvalue weighted by molar-refractivity contribution is 5.80. The first-order chi connectivity index (χ1) is 13.6. The fourth-order valence-electron chi connectivity index (χ4n) is 3.26. The van der Waals surface area contributed by atoms with Crippen LogP contribution in [0, 0.1) is 10.1 Å². The van der Waals surface area contributed by atoms with E-state index in [0.717, 1.165) is 51.3 Å². The Morgan fingerprint density at radius 2 is 1.96 bits per heavy atom. The van der Waals surface area contributed by atoms with Gasteiger partial charge in [0.25, 0.3) is 11.2 Å². The first-order valence-corrected chi connectivity index (χ1v) is 9.61. The van der Waals surface area contributed by atoms with Crippen molar-refractivity contribution < 1.29 is 4.92 Å². The number of non-ortho nitro benzene ring substituents is 1. The molecule has 0 spiro atoms. The number of benzene rings is 1. The normalized spacial score (nSPS) is 15.3. The summed E-state index contributed by atoms with van der Waals surface area (Å²) in [5, 5.41) is 17.3. The Bertz CT molecular complexity index is 878. The molecule has 1 aromatic heterocycles. The quantitative estimate of drug-likeness (QED) is 0.404. The average Bonchev–Trinajstić information content (AvgIpc) is 3.02. The third-order valence-electron chi connectivity index (χ3n) is 4.80. The Labute approximate surface area is 163 Å². The molecule has 28 heavy (non-hydrogen) atoms. The van der Waals surface area contributed by atoms with Crippen molar-refractivity contribution in [3.8, 4) is 5.69 Å². The lowest BCUT2D eigenvalue weighted by Gasteiger charge is -2.26. The Kier molecular flexibility index (Phi) is 6.72. The summed E-state index contributed by atoms with van der Waals surface area (Å²) in [6.45, 7) is 7.62. The van der Waals surface area contributed by atoms with Crippen LogP contribution in [0.3, 0.4) is 0 Å². The first-order valence-electron chi connectivity index (χ1n) is 9.61. The summed E-state index contributed by atoms with van der Waals surface area (Å²) in [7, 11) is 0. The van der Waals surface area contributed by atoms with Crippen LogP contribution >= 0.6 is 0 Å². The lowest BCUT2D eigenvalue weighted by molar-refractivity contribution is -0.384. The molecule has 1 saturated heterocycles. The minimum Gasteiger partial charge on any atom is -0.314 e. The van der Waals surface area contributed by atoms with Gasteiger partial charge in [-0.1, -0.05) is 13.3 Å². The van der Waals surface area contributed by atoms with E-state index in [4.69, 9.17) is 0 Å². The lowest BCUT2D eigenvalue weighted by atomic mass is 10.2. The van der Waals surface area contributed by atoms with Crippen molar-refractivity contribution in [2.45, 2.75) is 19.8 Å². The topological polar surface area (TPSA) is 109 Å². The number of aliphatic imine (C=N–C) groups is 1. The monoisotopic (exact) mass is 386 g/mol. The first kappa shape index (κ1) is 20.0. The van der Waals surface area contributed by atoms with Gasteiger partial charge in [-0.3, -0.25) is 29.9 Å². The molecule has 3 rings (SSSR count). The maximum atomic E-state index is 12.9. The summed E-state index contributed by atoms with van der Waals surface area (Å²) >= 11 is 0. The number of hydrogen-bond donors (Lipinski definition) is 2. The second-order valence-corrected chi connectivity index (χ2v) is 6.80. The molecule has 0 radical (unpaired) electrons.